The molecule has 5 fully saturated rings. The van der Waals surface area contributed by atoms with E-state index < -0.39 is 35.1 Å². The maximum atomic E-state index is 12.8. The molecular formula is C46H63ClO9. The van der Waals surface area contributed by atoms with E-state index in [9.17, 15) is 39.3 Å². The highest BCUT2D eigenvalue weighted by atomic mass is 35.5. The molecule has 0 heterocycles. The van der Waals surface area contributed by atoms with Gasteiger partial charge in [-0.1, -0.05) is 57.9 Å². The maximum absolute atomic E-state index is 12.8. The number of fused-ring (bicyclic) bond motifs is 10. The van der Waals surface area contributed by atoms with Gasteiger partial charge < -0.3 is 20.1 Å². The number of hydrogen-bond donors (Lipinski definition) is 3. The summed E-state index contributed by atoms with van der Waals surface area (Å²) in [4.78, 5) is 61.1. The van der Waals surface area contributed by atoms with E-state index in [0.29, 0.717) is 43.4 Å². The molecular weight excluding hydrogens is 732 g/mol. The number of aliphatic hydroxyl groups is 3. The SMILES string of the molecule is CC(=O)O[C@]1(C(C)=O)CC[C@H]2[C@@H]3C=C(C)C4=CC(=O)CC[C@]4(C)[C@H]3CC[C@@]21C.C[C@H]1C[C@@H]2[C@H]([C@@H](O)C[C@@]3(C)[C@H]2CC[C@]3(O)C(=O)CO)[C@@]2(C)C=CC(=O)C=C12.Cl. The molecule has 0 bridgehead atoms. The van der Waals surface area contributed by atoms with Crippen LogP contribution in [0.25, 0.3) is 0 Å². The van der Waals surface area contributed by atoms with Crippen LogP contribution in [0.15, 0.2) is 47.1 Å². The highest BCUT2D eigenvalue weighted by Gasteiger charge is 2.69. The van der Waals surface area contributed by atoms with Crippen LogP contribution in [0.1, 0.15) is 120 Å². The van der Waals surface area contributed by atoms with E-state index in [1.54, 1.807) is 19.1 Å². The number of rotatable bonds is 4. The van der Waals surface area contributed by atoms with Crippen LogP contribution >= 0.6 is 12.4 Å². The molecule has 9 nitrogen and oxygen atoms in total. The van der Waals surface area contributed by atoms with Gasteiger partial charge in [-0.05, 0) is 136 Å². The number of ketones is 4. The third-order valence-electron chi connectivity index (χ3n) is 17.4. The van der Waals surface area contributed by atoms with E-state index >= 15 is 0 Å². The molecule has 0 spiro atoms. The predicted octanol–water partition coefficient (Wildman–Crippen LogP) is 6.80. The lowest BCUT2D eigenvalue weighted by molar-refractivity contribution is -0.185. The van der Waals surface area contributed by atoms with Gasteiger partial charge in [-0.15, -0.1) is 12.4 Å². The molecule has 8 rings (SSSR count). The van der Waals surface area contributed by atoms with Gasteiger partial charge in [-0.2, -0.15) is 0 Å². The first kappa shape index (κ1) is 42.9. The van der Waals surface area contributed by atoms with Crippen molar-refractivity contribution >= 4 is 41.5 Å². The Hall–Kier alpha value is -2.72. The molecule has 56 heavy (non-hydrogen) atoms. The van der Waals surface area contributed by atoms with Crippen LogP contribution in [0, 0.1) is 63.1 Å². The van der Waals surface area contributed by atoms with Crippen molar-refractivity contribution in [1.29, 1.82) is 0 Å². The summed E-state index contributed by atoms with van der Waals surface area (Å²) in [6.07, 6.45) is 16.1. The molecule has 0 unspecified atom stereocenters. The number of ether oxygens (including phenoxy) is 1. The zero-order valence-electron chi connectivity index (χ0n) is 34.5. The minimum absolute atomic E-state index is 0. The van der Waals surface area contributed by atoms with Crippen molar-refractivity contribution in [2.24, 2.45) is 63.1 Å². The Kier molecular flexibility index (Phi) is 10.9. The van der Waals surface area contributed by atoms with Gasteiger partial charge in [0, 0.05) is 35.5 Å². The Morgan fingerprint density at radius 1 is 0.911 bits per heavy atom. The smallest absolute Gasteiger partial charge is 0.303 e. The summed E-state index contributed by atoms with van der Waals surface area (Å²) in [7, 11) is 0. The van der Waals surface area contributed by atoms with Crippen molar-refractivity contribution in [1.82, 2.24) is 0 Å². The third kappa shape index (κ3) is 5.82. The Labute approximate surface area is 338 Å². The van der Waals surface area contributed by atoms with Crippen LogP contribution in [0.5, 0.6) is 0 Å². The maximum Gasteiger partial charge on any atom is 0.303 e. The first-order valence-corrected chi connectivity index (χ1v) is 20.8. The van der Waals surface area contributed by atoms with Crippen molar-refractivity contribution < 1.29 is 44.0 Å². The van der Waals surface area contributed by atoms with Gasteiger partial charge in [0.15, 0.2) is 28.7 Å². The van der Waals surface area contributed by atoms with E-state index in [1.807, 2.05) is 19.1 Å². The lowest BCUT2D eigenvalue weighted by Crippen LogP contribution is -2.62. The molecule has 0 saturated heterocycles. The molecule has 0 aliphatic heterocycles. The van der Waals surface area contributed by atoms with E-state index in [4.69, 9.17) is 4.74 Å². The van der Waals surface area contributed by atoms with Crippen LogP contribution in [-0.2, 0) is 28.7 Å². The summed E-state index contributed by atoms with van der Waals surface area (Å²) in [6, 6.07) is 0. The standard InChI is InChI=1S/C24H32O4.C22H30O5.ClH/c1-14-12-18-19(22(4)9-6-17(27)13-21(14)22)7-10-23(5)20(18)8-11-24(23,15(2)25)28-16(3)26;1-12-8-14-15-5-7-22(27,18(26)11-23)21(15,3)10-17(25)19(14)20(2)6-4-13(24)9-16(12)20;/h12-13,18-20H,6-11H2,1-5H3;4,6,9,12,14-15,17,19,23,25,27H,5,7-8,10-11H2,1-3H3;1H/t18-,19+,20+,22-,23+,24+;12-,14-,15-,17-,19+,20-,21-,22-;/m10./s1. The van der Waals surface area contributed by atoms with Crippen LogP contribution in [0.3, 0.4) is 0 Å². The number of carbonyl (C=O) groups excluding carboxylic acids is 5. The molecule has 8 aliphatic carbocycles. The van der Waals surface area contributed by atoms with Gasteiger partial charge in [0.05, 0.1) is 6.10 Å². The van der Waals surface area contributed by atoms with Crippen LogP contribution in [-0.4, -0.2) is 68.3 Å². The number of aliphatic hydroxyl groups excluding tert-OH is 2. The summed E-state index contributed by atoms with van der Waals surface area (Å²) in [5, 5.41) is 31.9. The van der Waals surface area contributed by atoms with Gasteiger partial charge in [0.1, 0.15) is 12.2 Å². The van der Waals surface area contributed by atoms with E-state index in [-0.39, 0.29) is 75.6 Å². The lowest BCUT2D eigenvalue weighted by Gasteiger charge is -2.60. The number of Topliss-reactive ketones (excluding diaryl/α,β-unsaturated/α-hetero) is 2. The number of carbonyl (C=O) groups is 5. The molecule has 5 saturated carbocycles. The first-order valence-electron chi connectivity index (χ1n) is 20.8. The fourth-order valence-electron chi connectivity index (χ4n) is 14.8. The van der Waals surface area contributed by atoms with Gasteiger partial charge in [0.2, 0.25) is 0 Å². The molecule has 0 aromatic carbocycles. The second-order valence-electron chi connectivity index (χ2n) is 19.8. The van der Waals surface area contributed by atoms with Gasteiger partial charge in [-0.25, -0.2) is 0 Å². The first-order chi connectivity index (χ1) is 25.6. The molecule has 3 N–H and O–H groups in total. The topological polar surface area (TPSA) is 155 Å². The summed E-state index contributed by atoms with van der Waals surface area (Å²) >= 11 is 0. The minimum atomic E-state index is -1.57. The molecule has 0 aromatic heterocycles. The van der Waals surface area contributed by atoms with Crippen molar-refractivity contribution in [3.05, 3.63) is 47.1 Å². The zero-order valence-corrected chi connectivity index (χ0v) is 35.3. The second kappa shape index (κ2) is 14.2. The molecule has 0 aromatic rings. The normalized spacial score (nSPS) is 47.0. The largest absolute Gasteiger partial charge is 0.451 e. The Morgan fingerprint density at radius 2 is 1.57 bits per heavy atom. The fraction of sp³-hybridized carbons (Fsp3) is 0.717. The lowest BCUT2D eigenvalue weighted by atomic mass is 9.45. The number of halogens is 1. The van der Waals surface area contributed by atoms with Crippen molar-refractivity contribution in [3.8, 4) is 0 Å². The summed E-state index contributed by atoms with van der Waals surface area (Å²) in [5.74, 6) is 0.952. The van der Waals surface area contributed by atoms with E-state index in [0.717, 1.165) is 44.1 Å². The van der Waals surface area contributed by atoms with Gasteiger partial charge >= 0.3 is 5.97 Å². The molecule has 0 radical (unpaired) electrons. The van der Waals surface area contributed by atoms with Crippen molar-refractivity contribution in [3.63, 3.8) is 0 Å². The van der Waals surface area contributed by atoms with Crippen LogP contribution in [0.4, 0.5) is 0 Å². The number of esters is 1. The highest BCUT2D eigenvalue weighted by molar-refractivity contribution is 6.01. The Morgan fingerprint density at radius 3 is 2.21 bits per heavy atom. The predicted molar refractivity (Wildman–Crippen MR) is 213 cm³/mol. The van der Waals surface area contributed by atoms with Crippen molar-refractivity contribution in [2.45, 2.75) is 137 Å². The Balaban J connectivity index is 0.000000187. The zero-order chi connectivity index (χ0) is 40.3. The molecule has 8 aliphatic rings. The summed E-state index contributed by atoms with van der Waals surface area (Å²) < 4.78 is 5.82. The quantitative estimate of drug-likeness (QED) is 0.261. The fourth-order valence-corrected chi connectivity index (χ4v) is 14.8. The molecule has 10 heteroatoms. The van der Waals surface area contributed by atoms with Gasteiger partial charge in [-0.3, -0.25) is 24.0 Å². The molecule has 0 amide bonds. The highest BCUT2D eigenvalue weighted by Crippen LogP contribution is 2.69. The summed E-state index contributed by atoms with van der Waals surface area (Å²) in [5.41, 5.74) is -0.437. The average molecular weight is 795 g/mol. The second-order valence-corrected chi connectivity index (χ2v) is 19.8. The van der Waals surface area contributed by atoms with Crippen LogP contribution < -0.4 is 0 Å². The summed E-state index contributed by atoms with van der Waals surface area (Å²) in [6.45, 7) is 15.1. The minimum Gasteiger partial charge on any atom is -0.451 e. The van der Waals surface area contributed by atoms with Crippen molar-refractivity contribution in [2.75, 3.05) is 6.61 Å². The molecule has 14 atom stereocenters. The number of hydrogen-bond acceptors (Lipinski definition) is 9. The van der Waals surface area contributed by atoms with E-state index in [2.05, 4.69) is 40.7 Å². The third-order valence-corrected chi connectivity index (χ3v) is 17.4. The van der Waals surface area contributed by atoms with E-state index in [1.165, 1.54) is 18.1 Å². The number of allylic oxidation sites excluding steroid dienone is 8. The monoisotopic (exact) mass is 794 g/mol. The molecule has 308 valence electrons. The average Bonchev–Trinajstić information content (AvgIpc) is 3.56. The van der Waals surface area contributed by atoms with Gasteiger partial charge in [0.25, 0.3) is 0 Å². The Bertz CT molecular complexity index is 1840. The van der Waals surface area contributed by atoms with Crippen LogP contribution in [0.2, 0.25) is 0 Å².